The topological polar surface area (TPSA) is 35.5 Å². The summed E-state index contributed by atoms with van der Waals surface area (Å²) in [6.45, 7) is 7.97. The van der Waals surface area contributed by atoms with Crippen LogP contribution in [0.15, 0.2) is 0 Å². The van der Waals surface area contributed by atoms with Crippen molar-refractivity contribution in [2.75, 3.05) is 26.2 Å². The zero-order valence-electron chi connectivity index (χ0n) is 12.1. The van der Waals surface area contributed by atoms with Gasteiger partial charge in [-0.25, -0.2) is 0 Å². The van der Waals surface area contributed by atoms with E-state index < -0.39 is 0 Å². The standard InChI is InChI=1S/C15H30N2O/c1-3-14-7-5-6-10-17(14)11-15(12-18,16-4-2)13-8-9-13/h13-14,16,18H,3-12H2,1-2H3. The van der Waals surface area contributed by atoms with Gasteiger partial charge in [0.05, 0.1) is 12.1 Å². The van der Waals surface area contributed by atoms with E-state index in [1.165, 1.54) is 45.1 Å². The number of hydrogen-bond donors (Lipinski definition) is 2. The van der Waals surface area contributed by atoms with Crippen molar-refractivity contribution in [3.63, 3.8) is 0 Å². The molecule has 2 aliphatic rings. The second-order valence-corrected chi connectivity index (χ2v) is 6.15. The van der Waals surface area contributed by atoms with Crippen LogP contribution < -0.4 is 5.32 Å². The number of nitrogens with one attached hydrogen (secondary N) is 1. The van der Waals surface area contributed by atoms with Gasteiger partial charge in [0.25, 0.3) is 0 Å². The number of nitrogens with zero attached hydrogens (tertiary/aromatic N) is 1. The van der Waals surface area contributed by atoms with E-state index in [-0.39, 0.29) is 5.54 Å². The van der Waals surface area contributed by atoms with Gasteiger partial charge < -0.3 is 10.4 Å². The van der Waals surface area contributed by atoms with Crippen LogP contribution in [0.1, 0.15) is 52.4 Å². The van der Waals surface area contributed by atoms with Crippen LogP contribution in [0.3, 0.4) is 0 Å². The Hall–Kier alpha value is -0.120. The van der Waals surface area contributed by atoms with Crippen LogP contribution in [0.4, 0.5) is 0 Å². The zero-order chi connectivity index (χ0) is 13.0. The molecule has 3 nitrogen and oxygen atoms in total. The summed E-state index contributed by atoms with van der Waals surface area (Å²) < 4.78 is 0. The van der Waals surface area contributed by atoms with Crippen LogP contribution in [0.5, 0.6) is 0 Å². The van der Waals surface area contributed by atoms with Gasteiger partial charge in [0.1, 0.15) is 0 Å². The predicted molar refractivity (Wildman–Crippen MR) is 75.7 cm³/mol. The van der Waals surface area contributed by atoms with Gasteiger partial charge in [0.2, 0.25) is 0 Å². The third-order valence-electron chi connectivity index (χ3n) is 4.88. The molecule has 0 radical (unpaired) electrons. The monoisotopic (exact) mass is 254 g/mol. The minimum atomic E-state index is -0.0283. The van der Waals surface area contributed by atoms with Crippen LogP contribution in [0.2, 0.25) is 0 Å². The molecular weight excluding hydrogens is 224 g/mol. The molecule has 1 saturated heterocycles. The lowest BCUT2D eigenvalue weighted by atomic mass is 9.90. The van der Waals surface area contributed by atoms with Crippen molar-refractivity contribution < 1.29 is 5.11 Å². The van der Waals surface area contributed by atoms with E-state index in [9.17, 15) is 5.11 Å². The first-order chi connectivity index (χ1) is 8.75. The van der Waals surface area contributed by atoms with Crippen molar-refractivity contribution in [1.29, 1.82) is 0 Å². The van der Waals surface area contributed by atoms with Gasteiger partial charge in [0.15, 0.2) is 0 Å². The third kappa shape index (κ3) is 3.06. The van der Waals surface area contributed by atoms with Crippen molar-refractivity contribution in [1.82, 2.24) is 10.2 Å². The van der Waals surface area contributed by atoms with Gasteiger partial charge >= 0.3 is 0 Å². The maximum absolute atomic E-state index is 9.92. The molecule has 0 spiro atoms. The van der Waals surface area contributed by atoms with Crippen LogP contribution >= 0.6 is 0 Å². The number of rotatable bonds is 7. The van der Waals surface area contributed by atoms with E-state index in [1.54, 1.807) is 0 Å². The first kappa shape index (κ1) is 14.3. The molecule has 1 aliphatic heterocycles. The number of piperidine rings is 1. The molecule has 1 aliphatic carbocycles. The van der Waals surface area contributed by atoms with Crippen LogP contribution in [-0.2, 0) is 0 Å². The van der Waals surface area contributed by atoms with E-state index >= 15 is 0 Å². The van der Waals surface area contributed by atoms with Gasteiger partial charge in [-0.2, -0.15) is 0 Å². The summed E-state index contributed by atoms with van der Waals surface area (Å²) in [5.41, 5.74) is -0.0283. The predicted octanol–water partition coefficient (Wildman–Crippen LogP) is 2.00. The molecular formula is C15H30N2O. The molecule has 2 rings (SSSR count). The van der Waals surface area contributed by atoms with Crippen LogP contribution in [-0.4, -0.2) is 47.8 Å². The quantitative estimate of drug-likeness (QED) is 0.729. The molecule has 2 fully saturated rings. The number of hydrogen-bond acceptors (Lipinski definition) is 3. The fraction of sp³-hybridized carbons (Fsp3) is 1.00. The van der Waals surface area contributed by atoms with E-state index in [4.69, 9.17) is 0 Å². The minimum absolute atomic E-state index is 0.0283. The number of aliphatic hydroxyl groups excluding tert-OH is 1. The molecule has 0 aromatic carbocycles. The molecule has 1 heterocycles. The largest absolute Gasteiger partial charge is 0.394 e. The number of likely N-dealkylation sites (tertiary alicyclic amines) is 1. The Morgan fingerprint density at radius 2 is 2.00 bits per heavy atom. The molecule has 0 aromatic heterocycles. The SMILES string of the molecule is CCNC(CO)(CN1CCCCC1CC)C1CC1. The fourth-order valence-corrected chi connectivity index (χ4v) is 3.65. The zero-order valence-corrected chi connectivity index (χ0v) is 12.1. The van der Waals surface area contributed by atoms with Crippen molar-refractivity contribution in [2.45, 2.75) is 64.0 Å². The van der Waals surface area contributed by atoms with E-state index in [0.717, 1.165) is 19.1 Å². The number of aliphatic hydroxyl groups is 1. The summed E-state index contributed by atoms with van der Waals surface area (Å²) in [5.74, 6) is 0.696. The molecule has 3 heteroatoms. The lowest BCUT2D eigenvalue weighted by Gasteiger charge is -2.43. The van der Waals surface area contributed by atoms with Gasteiger partial charge in [-0.15, -0.1) is 0 Å². The first-order valence-corrected chi connectivity index (χ1v) is 7.85. The van der Waals surface area contributed by atoms with E-state index in [2.05, 4.69) is 24.1 Å². The van der Waals surface area contributed by atoms with Crippen molar-refractivity contribution in [3.05, 3.63) is 0 Å². The third-order valence-corrected chi connectivity index (χ3v) is 4.88. The smallest absolute Gasteiger partial charge is 0.0628 e. The Bertz CT molecular complexity index is 255. The van der Waals surface area contributed by atoms with Crippen LogP contribution in [0, 0.1) is 5.92 Å². The highest BCUT2D eigenvalue weighted by Gasteiger charge is 2.46. The molecule has 2 unspecified atom stereocenters. The summed E-state index contributed by atoms with van der Waals surface area (Å²) in [7, 11) is 0. The average Bonchev–Trinajstić information content (AvgIpc) is 3.23. The summed E-state index contributed by atoms with van der Waals surface area (Å²) in [6.07, 6.45) is 7.88. The summed E-state index contributed by atoms with van der Waals surface area (Å²) in [6, 6.07) is 0.738. The van der Waals surface area contributed by atoms with Crippen LogP contribution in [0.25, 0.3) is 0 Å². The van der Waals surface area contributed by atoms with Crippen molar-refractivity contribution in [2.24, 2.45) is 5.92 Å². The Balaban J connectivity index is 2.02. The highest BCUT2D eigenvalue weighted by atomic mass is 16.3. The number of likely N-dealkylation sites (N-methyl/N-ethyl adjacent to an activating group) is 1. The molecule has 2 atom stereocenters. The molecule has 1 saturated carbocycles. The molecule has 106 valence electrons. The summed E-state index contributed by atoms with van der Waals surface area (Å²) in [4.78, 5) is 2.64. The maximum atomic E-state index is 9.92. The van der Waals surface area contributed by atoms with Crippen molar-refractivity contribution >= 4 is 0 Å². The van der Waals surface area contributed by atoms with Gasteiger partial charge in [-0.3, -0.25) is 4.90 Å². The van der Waals surface area contributed by atoms with Gasteiger partial charge in [-0.1, -0.05) is 20.3 Å². The Kier molecular flexibility index (Phi) is 5.05. The minimum Gasteiger partial charge on any atom is -0.394 e. The lowest BCUT2D eigenvalue weighted by Crippen LogP contribution is -2.60. The second-order valence-electron chi connectivity index (χ2n) is 6.15. The van der Waals surface area contributed by atoms with E-state index in [1.807, 2.05) is 0 Å². The first-order valence-electron chi connectivity index (χ1n) is 7.85. The summed E-state index contributed by atoms with van der Waals surface area (Å²) in [5, 5.41) is 13.5. The molecule has 18 heavy (non-hydrogen) atoms. The van der Waals surface area contributed by atoms with E-state index in [0.29, 0.717) is 12.5 Å². The average molecular weight is 254 g/mol. The molecule has 2 N–H and O–H groups in total. The molecule has 0 amide bonds. The Labute approximate surface area is 112 Å². The normalized spacial score (nSPS) is 29.2. The fourth-order valence-electron chi connectivity index (χ4n) is 3.65. The molecule has 0 bridgehead atoms. The summed E-state index contributed by atoms with van der Waals surface area (Å²) >= 11 is 0. The Morgan fingerprint density at radius 3 is 2.56 bits per heavy atom. The van der Waals surface area contributed by atoms with Gasteiger partial charge in [-0.05, 0) is 51.1 Å². The maximum Gasteiger partial charge on any atom is 0.0628 e. The highest BCUT2D eigenvalue weighted by Crippen LogP contribution is 2.40. The van der Waals surface area contributed by atoms with Gasteiger partial charge in [0, 0.05) is 12.6 Å². The highest BCUT2D eigenvalue weighted by molar-refractivity contribution is 5.03. The lowest BCUT2D eigenvalue weighted by molar-refractivity contribution is 0.0534. The molecule has 0 aromatic rings. The van der Waals surface area contributed by atoms with Crippen molar-refractivity contribution in [3.8, 4) is 0 Å². The Morgan fingerprint density at radius 1 is 1.22 bits per heavy atom. The second kappa shape index (κ2) is 6.36.